The van der Waals surface area contributed by atoms with Crippen molar-refractivity contribution >= 4 is 13.9 Å². The number of benzene rings is 1. The van der Waals surface area contributed by atoms with E-state index in [2.05, 4.69) is 20.9 Å². The van der Waals surface area contributed by atoms with Crippen LogP contribution in [-0.2, 0) is 13.6 Å². The third kappa shape index (κ3) is 14.6. The number of nitrogens with zero attached hydrogens (tertiary/aromatic N) is 3. The number of rotatable bonds is 12. The zero-order valence-electron chi connectivity index (χ0n) is 21.6. The zero-order valence-corrected chi connectivity index (χ0v) is 22.5. The number of ether oxygens (including phenoxy) is 1. The van der Waals surface area contributed by atoms with Gasteiger partial charge in [0.25, 0.3) is 7.82 Å². The van der Waals surface area contributed by atoms with Gasteiger partial charge in [-0.2, -0.15) is 0 Å². The molecule has 0 heterocycles. The monoisotopic (exact) mass is 507 g/mol. The Morgan fingerprint density at radius 1 is 1.21 bits per heavy atom. The van der Waals surface area contributed by atoms with Gasteiger partial charge in [-0.3, -0.25) is 4.57 Å². The van der Waals surface area contributed by atoms with Gasteiger partial charge >= 0.3 is 6.09 Å². The number of hydrogen-bond donors (Lipinski definition) is 2. The lowest BCUT2D eigenvalue weighted by Crippen LogP contribution is -2.37. The van der Waals surface area contributed by atoms with Gasteiger partial charge in [0.1, 0.15) is 25.0 Å². The van der Waals surface area contributed by atoms with Crippen LogP contribution >= 0.6 is 7.82 Å². The third-order valence-electron chi connectivity index (χ3n) is 4.75. The summed E-state index contributed by atoms with van der Waals surface area (Å²) in [5.41, 5.74) is 1.13. The highest BCUT2D eigenvalue weighted by molar-refractivity contribution is 7.45. The molecule has 34 heavy (non-hydrogen) atoms. The van der Waals surface area contributed by atoms with Crippen LogP contribution < -0.4 is 9.63 Å². The van der Waals surface area contributed by atoms with Crippen molar-refractivity contribution in [2.45, 2.75) is 26.0 Å². The van der Waals surface area contributed by atoms with Crippen molar-refractivity contribution in [3.63, 3.8) is 0 Å². The van der Waals surface area contributed by atoms with Crippen molar-refractivity contribution in [1.29, 1.82) is 0 Å². The van der Waals surface area contributed by atoms with E-state index in [0.29, 0.717) is 23.3 Å². The first-order chi connectivity index (χ1) is 15.6. The van der Waals surface area contributed by atoms with Crippen LogP contribution in [0, 0.1) is 0 Å². The first-order valence-electron chi connectivity index (χ1n) is 11.0. The molecule has 198 valence electrons. The van der Waals surface area contributed by atoms with E-state index in [0.717, 1.165) is 5.56 Å². The van der Waals surface area contributed by atoms with Crippen molar-refractivity contribution < 1.29 is 42.7 Å². The fraction of sp³-hybridized carbons (Fsp3) is 0.682. The first kappa shape index (κ1) is 32.4. The fourth-order valence-corrected chi connectivity index (χ4v) is 2.87. The van der Waals surface area contributed by atoms with Gasteiger partial charge in [-0.05, 0) is 45.6 Å². The van der Waals surface area contributed by atoms with E-state index >= 15 is 0 Å². The van der Waals surface area contributed by atoms with Crippen molar-refractivity contribution in [1.82, 2.24) is 9.80 Å². The Kier molecular flexibility index (Phi) is 14.7. The van der Waals surface area contributed by atoms with E-state index < -0.39 is 27.1 Å². The average Bonchev–Trinajstić information content (AvgIpc) is 2.75. The summed E-state index contributed by atoms with van der Waals surface area (Å²) in [6, 6.07) is 7.93. The molecule has 3 atom stereocenters. The molecular formula is C22H42N3O8P. The molecule has 0 aliphatic carbocycles. The lowest BCUT2D eigenvalue weighted by molar-refractivity contribution is -0.870. The highest BCUT2D eigenvalue weighted by Gasteiger charge is 2.15. The van der Waals surface area contributed by atoms with E-state index in [4.69, 9.17) is 14.9 Å². The van der Waals surface area contributed by atoms with Crippen LogP contribution in [0.2, 0.25) is 0 Å². The lowest BCUT2D eigenvalue weighted by atomic mass is 10.1. The van der Waals surface area contributed by atoms with Crippen LogP contribution in [0.4, 0.5) is 4.79 Å². The van der Waals surface area contributed by atoms with Crippen LogP contribution in [0.1, 0.15) is 25.5 Å². The molecule has 2 N–H and O–H groups in total. The second-order valence-electron chi connectivity index (χ2n) is 9.02. The maximum absolute atomic E-state index is 11.7. The molecule has 0 saturated carbocycles. The molecule has 0 aliphatic rings. The van der Waals surface area contributed by atoms with Gasteiger partial charge in [-0.25, -0.2) is 4.79 Å². The molecule has 12 heteroatoms. The molecule has 0 saturated heterocycles. The van der Waals surface area contributed by atoms with Crippen LogP contribution in [0.15, 0.2) is 24.3 Å². The molecule has 0 aromatic heterocycles. The summed E-state index contributed by atoms with van der Waals surface area (Å²) in [5, 5.41) is 17.3. The summed E-state index contributed by atoms with van der Waals surface area (Å²) in [5.74, 6) is 0.589. The molecule has 1 rings (SSSR count). The standard InChI is InChI=1S/C14H22N2O2.C8H20NO6P/c1-6-16(5)14(17)18-13-9-7-8-12(10-13)11(2)15(3)4;1-9(2,3)4-5-14-16(12,13)15-7-8(11)6-10/h7-11H,6H2,1-5H3;8,10-11H,4-7H2,1-3H3/t11-;8-/m01/s1. The van der Waals surface area contributed by atoms with Crippen LogP contribution in [-0.4, -0.2) is 112 Å². The predicted octanol–water partition coefficient (Wildman–Crippen LogP) is 1.31. The number of quaternary nitrogens is 1. The van der Waals surface area contributed by atoms with Crippen molar-refractivity contribution in [2.24, 2.45) is 0 Å². The van der Waals surface area contributed by atoms with Gasteiger partial charge < -0.3 is 43.2 Å². The molecule has 1 aromatic carbocycles. The molecule has 11 nitrogen and oxygen atoms in total. The van der Waals surface area contributed by atoms with Crippen molar-refractivity contribution in [3.05, 3.63) is 29.8 Å². The number of likely N-dealkylation sites (N-methyl/N-ethyl adjacent to an activating group) is 1. The minimum atomic E-state index is -4.38. The summed E-state index contributed by atoms with van der Waals surface area (Å²) in [4.78, 5) is 26.4. The lowest BCUT2D eigenvalue weighted by Gasteiger charge is -2.27. The number of phosphoric acid groups is 1. The number of carbonyl (C=O) groups is 1. The molecular weight excluding hydrogens is 465 g/mol. The number of phosphoric ester groups is 1. The smallest absolute Gasteiger partial charge is 0.414 e. The Bertz CT molecular complexity index is 773. The number of carbonyl (C=O) groups excluding carboxylic acids is 1. The van der Waals surface area contributed by atoms with Gasteiger partial charge in [0.05, 0.1) is 34.4 Å². The fourth-order valence-electron chi connectivity index (χ4n) is 2.14. The summed E-state index contributed by atoms with van der Waals surface area (Å²) < 4.78 is 25.9. The Morgan fingerprint density at radius 3 is 2.32 bits per heavy atom. The van der Waals surface area contributed by atoms with Gasteiger partial charge in [0, 0.05) is 19.6 Å². The van der Waals surface area contributed by atoms with Crippen molar-refractivity contribution in [2.75, 3.05) is 75.2 Å². The average molecular weight is 508 g/mol. The van der Waals surface area contributed by atoms with Crippen LogP contribution in [0.25, 0.3) is 0 Å². The minimum absolute atomic E-state index is 0.0134. The van der Waals surface area contributed by atoms with Gasteiger partial charge in [0.2, 0.25) is 0 Å². The molecule has 0 fully saturated rings. The molecule has 1 amide bonds. The summed E-state index contributed by atoms with van der Waals surface area (Å²) in [7, 11) is 7.08. The van der Waals surface area contributed by atoms with Gasteiger partial charge in [-0.15, -0.1) is 0 Å². The normalized spacial score (nSPS) is 15.1. The molecule has 0 radical (unpaired) electrons. The molecule has 0 spiro atoms. The zero-order chi connectivity index (χ0) is 26.5. The minimum Gasteiger partial charge on any atom is -0.756 e. The maximum atomic E-state index is 11.7. The Balaban J connectivity index is 0.000000646. The van der Waals surface area contributed by atoms with Crippen LogP contribution in [0.3, 0.4) is 0 Å². The largest absolute Gasteiger partial charge is 0.756 e. The van der Waals surface area contributed by atoms with Gasteiger partial charge in [0.15, 0.2) is 0 Å². The third-order valence-corrected chi connectivity index (χ3v) is 5.72. The van der Waals surface area contributed by atoms with E-state index in [9.17, 15) is 14.3 Å². The van der Waals surface area contributed by atoms with Gasteiger partial charge in [-0.1, -0.05) is 12.1 Å². The molecule has 1 aromatic rings. The molecule has 0 aliphatic heterocycles. The van der Waals surface area contributed by atoms with Crippen molar-refractivity contribution in [3.8, 4) is 5.75 Å². The number of hydrogen-bond acceptors (Lipinski definition) is 9. The highest BCUT2D eigenvalue weighted by Crippen LogP contribution is 2.38. The topological polar surface area (TPSA) is 132 Å². The second-order valence-corrected chi connectivity index (χ2v) is 10.4. The van der Waals surface area contributed by atoms with E-state index in [1.807, 2.05) is 60.4 Å². The maximum Gasteiger partial charge on any atom is 0.414 e. The Hall–Kier alpha value is -1.56. The summed E-state index contributed by atoms with van der Waals surface area (Å²) in [6.07, 6.45) is -1.54. The summed E-state index contributed by atoms with van der Waals surface area (Å²) in [6.45, 7) is 4.12. The SMILES string of the molecule is CCN(C)C(=O)Oc1cccc([C@H](C)N(C)C)c1.C[N+](C)(C)CCOP(=O)([O-])OC[C@H](O)CO. The molecule has 1 unspecified atom stereocenters. The van der Waals surface area contributed by atoms with E-state index in [1.165, 1.54) is 4.90 Å². The number of aliphatic hydroxyl groups excluding tert-OH is 2. The molecule has 0 bridgehead atoms. The Morgan fingerprint density at radius 2 is 1.82 bits per heavy atom. The quantitative estimate of drug-likeness (QED) is 0.317. The van der Waals surface area contributed by atoms with E-state index in [-0.39, 0.29) is 18.7 Å². The van der Waals surface area contributed by atoms with E-state index in [1.54, 1.807) is 13.1 Å². The number of aliphatic hydroxyl groups is 2. The Labute approximate surface area is 203 Å². The summed E-state index contributed by atoms with van der Waals surface area (Å²) >= 11 is 0. The highest BCUT2D eigenvalue weighted by atomic mass is 31.2. The predicted molar refractivity (Wildman–Crippen MR) is 128 cm³/mol. The second kappa shape index (κ2) is 15.4. The number of amides is 1. The van der Waals surface area contributed by atoms with Crippen LogP contribution in [0.5, 0.6) is 5.75 Å². The first-order valence-corrected chi connectivity index (χ1v) is 12.5.